The van der Waals surface area contributed by atoms with Crippen LogP contribution in [0, 0.1) is 0 Å². The summed E-state index contributed by atoms with van der Waals surface area (Å²) >= 11 is 3.15. The topological polar surface area (TPSA) is 20.3 Å². The van der Waals surface area contributed by atoms with Gasteiger partial charge in [0.05, 0.1) is 11.1 Å². The van der Waals surface area contributed by atoms with E-state index in [1.807, 2.05) is 20.8 Å². The van der Waals surface area contributed by atoms with Crippen LogP contribution in [0.5, 0.6) is 0 Å². The molecule has 0 saturated heterocycles. The summed E-state index contributed by atoms with van der Waals surface area (Å²) in [6.45, 7) is 6.12. The maximum absolute atomic E-state index is 12.7. The Morgan fingerprint density at radius 1 is 1.35 bits per heavy atom. The molecule has 1 rings (SSSR count). The quantitative estimate of drug-likeness (QED) is 0.767. The van der Waals surface area contributed by atoms with Gasteiger partial charge in [-0.3, -0.25) is 4.79 Å². The SMILES string of the molecule is CCCN(C(=O)c1cc(C(F)(F)F)ccc1Br)C(C)C. The van der Waals surface area contributed by atoms with Crippen LogP contribution in [0.4, 0.5) is 13.2 Å². The zero-order valence-corrected chi connectivity index (χ0v) is 13.2. The average Bonchev–Trinajstić information content (AvgIpc) is 2.34. The zero-order valence-electron chi connectivity index (χ0n) is 11.6. The molecule has 1 aromatic carbocycles. The lowest BCUT2D eigenvalue weighted by Gasteiger charge is -2.27. The molecule has 1 aromatic rings. The van der Waals surface area contributed by atoms with Gasteiger partial charge in [-0.25, -0.2) is 0 Å². The number of carbonyl (C=O) groups excluding carboxylic acids is 1. The van der Waals surface area contributed by atoms with E-state index in [9.17, 15) is 18.0 Å². The molecule has 6 heteroatoms. The number of carbonyl (C=O) groups is 1. The van der Waals surface area contributed by atoms with E-state index in [1.54, 1.807) is 4.90 Å². The van der Waals surface area contributed by atoms with Crippen molar-refractivity contribution >= 4 is 21.8 Å². The fraction of sp³-hybridized carbons (Fsp3) is 0.500. The first-order chi connectivity index (χ1) is 9.18. The molecule has 0 fully saturated rings. The Morgan fingerprint density at radius 2 is 1.95 bits per heavy atom. The summed E-state index contributed by atoms with van der Waals surface area (Å²) < 4.78 is 38.6. The first kappa shape index (κ1) is 17.0. The van der Waals surface area contributed by atoms with Crippen LogP contribution < -0.4 is 0 Å². The van der Waals surface area contributed by atoms with Gasteiger partial charge in [0.2, 0.25) is 0 Å². The minimum absolute atomic E-state index is 0.0435. The standard InChI is InChI=1S/C14H17BrF3NO/c1-4-7-19(9(2)3)13(20)11-8-10(14(16,17)18)5-6-12(11)15/h5-6,8-9H,4,7H2,1-3H3. The molecular formula is C14H17BrF3NO. The minimum atomic E-state index is -4.46. The van der Waals surface area contributed by atoms with Gasteiger partial charge in [-0.1, -0.05) is 6.92 Å². The summed E-state index contributed by atoms with van der Waals surface area (Å²) in [6, 6.07) is 3.06. The summed E-state index contributed by atoms with van der Waals surface area (Å²) in [7, 11) is 0. The molecule has 2 nitrogen and oxygen atoms in total. The van der Waals surface area contributed by atoms with E-state index < -0.39 is 11.7 Å². The van der Waals surface area contributed by atoms with Gasteiger partial charge in [0, 0.05) is 17.1 Å². The molecule has 112 valence electrons. The van der Waals surface area contributed by atoms with Crippen molar-refractivity contribution in [3.8, 4) is 0 Å². The molecule has 0 aromatic heterocycles. The number of rotatable bonds is 4. The van der Waals surface area contributed by atoms with Gasteiger partial charge >= 0.3 is 6.18 Å². The van der Waals surface area contributed by atoms with Crippen molar-refractivity contribution in [3.63, 3.8) is 0 Å². The third kappa shape index (κ3) is 3.98. The number of benzene rings is 1. The Kier molecular flexibility index (Phi) is 5.62. The Balaban J connectivity index is 3.20. The molecule has 0 aliphatic rings. The molecule has 0 N–H and O–H groups in total. The van der Waals surface area contributed by atoms with Gasteiger partial charge in [-0.15, -0.1) is 0 Å². The number of amides is 1. The molecule has 0 atom stereocenters. The first-order valence-electron chi connectivity index (χ1n) is 6.36. The molecule has 0 unspecified atom stereocenters. The van der Waals surface area contributed by atoms with Crippen LogP contribution in [-0.4, -0.2) is 23.4 Å². The number of hydrogen-bond donors (Lipinski definition) is 0. The summed E-state index contributed by atoms with van der Waals surface area (Å²) in [5.74, 6) is -0.389. The van der Waals surface area contributed by atoms with Gasteiger partial charge in [0.1, 0.15) is 0 Å². The summed E-state index contributed by atoms with van der Waals surface area (Å²) in [5, 5.41) is 0. The second kappa shape index (κ2) is 6.61. The second-order valence-electron chi connectivity index (χ2n) is 4.78. The number of hydrogen-bond acceptors (Lipinski definition) is 1. The average molecular weight is 352 g/mol. The van der Waals surface area contributed by atoms with Crippen LogP contribution in [0.3, 0.4) is 0 Å². The third-order valence-corrected chi connectivity index (χ3v) is 3.56. The normalized spacial score (nSPS) is 11.8. The molecule has 20 heavy (non-hydrogen) atoms. The van der Waals surface area contributed by atoms with Crippen molar-refractivity contribution in [1.82, 2.24) is 4.90 Å². The van der Waals surface area contributed by atoms with Crippen molar-refractivity contribution in [2.24, 2.45) is 0 Å². The molecular weight excluding hydrogens is 335 g/mol. The molecule has 0 heterocycles. The molecule has 0 saturated carbocycles. The Labute approximate surface area is 125 Å². The molecule has 1 amide bonds. The maximum Gasteiger partial charge on any atom is 0.416 e. The van der Waals surface area contributed by atoms with Crippen LogP contribution in [0.1, 0.15) is 43.1 Å². The number of alkyl halides is 3. The number of halogens is 4. The van der Waals surface area contributed by atoms with E-state index in [2.05, 4.69) is 15.9 Å². The van der Waals surface area contributed by atoms with Crippen LogP contribution in [0.2, 0.25) is 0 Å². The Morgan fingerprint density at radius 3 is 2.40 bits per heavy atom. The fourth-order valence-electron chi connectivity index (χ4n) is 1.86. The highest BCUT2D eigenvalue weighted by Gasteiger charge is 2.32. The fourth-order valence-corrected chi connectivity index (χ4v) is 2.27. The largest absolute Gasteiger partial charge is 0.416 e. The predicted molar refractivity (Wildman–Crippen MR) is 75.6 cm³/mol. The first-order valence-corrected chi connectivity index (χ1v) is 7.15. The van der Waals surface area contributed by atoms with E-state index in [1.165, 1.54) is 6.07 Å². The number of nitrogens with zero attached hydrogens (tertiary/aromatic N) is 1. The van der Waals surface area contributed by atoms with E-state index in [0.717, 1.165) is 18.6 Å². The van der Waals surface area contributed by atoms with Crippen molar-refractivity contribution in [2.45, 2.75) is 39.4 Å². The predicted octanol–water partition coefficient (Wildman–Crippen LogP) is 4.73. The lowest BCUT2D eigenvalue weighted by Crippen LogP contribution is -2.37. The Hall–Kier alpha value is -1.04. The van der Waals surface area contributed by atoms with E-state index in [-0.39, 0.29) is 17.5 Å². The van der Waals surface area contributed by atoms with Crippen LogP contribution >= 0.6 is 15.9 Å². The van der Waals surface area contributed by atoms with Crippen LogP contribution in [-0.2, 0) is 6.18 Å². The van der Waals surface area contributed by atoms with Crippen molar-refractivity contribution in [3.05, 3.63) is 33.8 Å². The highest BCUT2D eigenvalue weighted by Crippen LogP contribution is 2.32. The third-order valence-electron chi connectivity index (χ3n) is 2.87. The lowest BCUT2D eigenvalue weighted by atomic mass is 10.1. The molecule has 0 aliphatic heterocycles. The maximum atomic E-state index is 12.7. The van der Waals surface area contributed by atoms with E-state index >= 15 is 0 Å². The van der Waals surface area contributed by atoms with Crippen molar-refractivity contribution < 1.29 is 18.0 Å². The second-order valence-corrected chi connectivity index (χ2v) is 5.64. The van der Waals surface area contributed by atoms with Gasteiger partial charge in [0.25, 0.3) is 5.91 Å². The highest BCUT2D eigenvalue weighted by atomic mass is 79.9. The monoisotopic (exact) mass is 351 g/mol. The van der Waals surface area contributed by atoms with E-state index in [4.69, 9.17) is 0 Å². The van der Waals surface area contributed by atoms with Crippen molar-refractivity contribution in [2.75, 3.05) is 6.54 Å². The van der Waals surface area contributed by atoms with Crippen molar-refractivity contribution in [1.29, 1.82) is 0 Å². The van der Waals surface area contributed by atoms with Gasteiger partial charge in [0.15, 0.2) is 0 Å². The van der Waals surface area contributed by atoms with Gasteiger partial charge < -0.3 is 4.90 Å². The van der Waals surface area contributed by atoms with E-state index in [0.29, 0.717) is 11.0 Å². The summed E-state index contributed by atoms with van der Waals surface area (Å²) in [5.41, 5.74) is -0.772. The highest BCUT2D eigenvalue weighted by molar-refractivity contribution is 9.10. The van der Waals surface area contributed by atoms with Gasteiger partial charge in [-0.2, -0.15) is 13.2 Å². The minimum Gasteiger partial charge on any atom is -0.336 e. The molecule has 0 spiro atoms. The summed E-state index contributed by atoms with van der Waals surface area (Å²) in [4.78, 5) is 14.0. The molecule has 0 bridgehead atoms. The zero-order chi connectivity index (χ0) is 15.5. The Bertz CT molecular complexity index is 486. The van der Waals surface area contributed by atoms with Crippen LogP contribution in [0.25, 0.3) is 0 Å². The molecule has 0 radical (unpaired) electrons. The summed E-state index contributed by atoms with van der Waals surface area (Å²) in [6.07, 6.45) is -3.70. The van der Waals surface area contributed by atoms with Gasteiger partial charge in [-0.05, 0) is 54.4 Å². The molecule has 0 aliphatic carbocycles. The lowest BCUT2D eigenvalue weighted by molar-refractivity contribution is -0.137. The smallest absolute Gasteiger partial charge is 0.336 e. The van der Waals surface area contributed by atoms with Crippen LogP contribution in [0.15, 0.2) is 22.7 Å².